The van der Waals surface area contributed by atoms with Crippen molar-refractivity contribution in [2.24, 2.45) is 0 Å². The number of carboxylic acid groups (broad SMARTS) is 1. The number of carbonyl (C=O) groups is 1. The van der Waals surface area contributed by atoms with Gasteiger partial charge in [0.25, 0.3) is 5.56 Å². The second-order valence-corrected chi connectivity index (χ2v) is 6.12. The van der Waals surface area contributed by atoms with Gasteiger partial charge in [-0.05, 0) is 36.5 Å². The van der Waals surface area contributed by atoms with Gasteiger partial charge in [0.15, 0.2) is 0 Å². The first kappa shape index (κ1) is 14.7. The topological polar surface area (TPSA) is 72.2 Å². The molecule has 0 radical (unpaired) electrons. The fourth-order valence-electron chi connectivity index (χ4n) is 2.65. The van der Waals surface area contributed by atoms with Crippen LogP contribution in [0, 0.1) is 0 Å². The average molecular weight is 304 g/mol. The molecule has 1 aromatic carbocycles. The van der Waals surface area contributed by atoms with Crippen molar-refractivity contribution < 1.29 is 14.3 Å². The van der Waals surface area contributed by atoms with Gasteiger partial charge in [0.2, 0.25) is 0 Å². The molecule has 1 N–H and O–H groups in total. The van der Waals surface area contributed by atoms with Gasteiger partial charge in [0.1, 0.15) is 12.2 Å². The fourth-order valence-corrected chi connectivity index (χ4v) is 2.65. The van der Waals surface area contributed by atoms with Crippen molar-refractivity contribution in [3.05, 3.63) is 39.8 Å². The van der Waals surface area contributed by atoms with E-state index in [4.69, 9.17) is 5.11 Å². The zero-order chi connectivity index (χ0) is 16.1. The van der Waals surface area contributed by atoms with Gasteiger partial charge >= 0.3 is 5.97 Å². The quantitative estimate of drug-likeness (QED) is 0.942. The van der Waals surface area contributed by atoms with E-state index < -0.39 is 23.7 Å². The van der Waals surface area contributed by atoms with Crippen molar-refractivity contribution in [1.29, 1.82) is 0 Å². The Kier molecular flexibility index (Phi) is 3.27. The highest BCUT2D eigenvalue weighted by Crippen LogP contribution is 2.50. The van der Waals surface area contributed by atoms with Crippen LogP contribution in [0.15, 0.2) is 23.0 Å². The largest absolute Gasteiger partial charge is 0.480 e. The first-order valence-corrected chi connectivity index (χ1v) is 7.28. The molecule has 1 heterocycles. The summed E-state index contributed by atoms with van der Waals surface area (Å²) in [6, 6.07) is 4.89. The van der Waals surface area contributed by atoms with Crippen LogP contribution in [0.3, 0.4) is 0 Å². The standard InChI is InChI=1S/C16H17FN2O3/c1-9(2)14-12-7-10(16(17)5-6-16)3-4-11(12)15(22)19(18-14)8-13(20)21/h3-4,7,9H,5-6,8H2,1-2H3,(H,20,21). The Balaban J connectivity index is 2.27. The van der Waals surface area contributed by atoms with Crippen LogP contribution in [-0.4, -0.2) is 20.9 Å². The number of aromatic nitrogens is 2. The molecule has 0 saturated heterocycles. The summed E-state index contributed by atoms with van der Waals surface area (Å²) in [5, 5.41) is 14.1. The van der Waals surface area contributed by atoms with Gasteiger partial charge in [-0.2, -0.15) is 5.10 Å². The average Bonchev–Trinajstić information content (AvgIpc) is 3.20. The van der Waals surface area contributed by atoms with Crippen LogP contribution >= 0.6 is 0 Å². The molecule has 22 heavy (non-hydrogen) atoms. The molecule has 6 heteroatoms. The Bertz CT molecular complexity index is 822. The predicted molar refractivity (Wildman–Crippen MR) is 79.7 cm³/mol. The lowest BCUT2D eigenvalue weighted by molar-refractivity contribution is -0.138. The smallest absolute Gasteiger partial charge is 0.325 e. The maximum Gasteiger partial charge on any atom is 0.325 e. The van der Waals surface area contributed by atoms with Crippen molar-refractivity contribution in [3.63, 3.8) is 0 Å². The molecule has 2 aromatic rings. The molecule has 1 saturated carbocycles. The lowest BCUT2D eigenvalue weighted by Crippen LogP contribution is -2.28. The molecule has 0 unspecified atom stereocenters. The Hall–Kier alpha value is -2.24. The molecule has 0 spiro atoms. The highest BCUT2D eigenvalue weighted by molar-refractivity contribution is 5.85. The number of rotatable bonds is 4. The minimum Gasteiger partial charge on any atom is -0.480 e. The molecule has 0 aliphatic heterocycles. The monoisotopic (exact) mass is 304 g/mol. The number of halogens is 1. The number of benzene rings is 1. The summed E-state index contributed by atoms with van der Waals surface area (Å²) in [7, 11) is 0. The van der Waals surface area contributed by atoms with Gasteiger partial charge in [0.05, 0.1) is 11.1 Å². The summed E-state index contributed by atoms with van der Waals surface area (Å²) in [6.07, 6.45) is 0.998. The summed E-state index contributed by atoms with van der Waals surface area (Å²) >= 11 is 0. The zero-order valence-electron chi connectivity index (χ0n) is 12.5. The molecule has 1 aliphatic carbocycles. The molecule has 1 fully saturated rings. The summed E-state index contributed by atoms with van der Waals surface area (Å²) in [5.41, 5.74) is -0.559. The molecule has 0 atom stereocenters. The minimum atomic E-state index is -1.28. The van der Waals surface area contributed by atoms with Crippen molar-refractivity contribution in [3.8, 4) is 0 Å². The summed E-state index contributed by atoms with van der Waals surface area (Å²) in [6.45, 7) is 3.34. The molecule has 5 nitrogen and oxygen atoms in total. The number of nitrogens with zero attached hydrogens (tertiary/aromatic N) is 2. The Labute approximate surface area is 126 Å². The third kappa shape index (κ3) is 2.38. The first-order chi connectivity index (χ1) is 10.3. The van der Waals surface area contributed by atoms with E-state index in [0.29, 0.717) is 34.9 Å². The van der Waals surface area contributed by atoms with Crippen LogP contribution in [0.4, 0.5) is 4.39 Å². The second kappa shape index (κ2) is 4.90. The first-order valence-electron chi connectivity index (χ1n) is 7.28. The summed E-state index contributed by atoms with van der Waals surface area (Å²) in [4.78, 5) is 23.2. The van der Waals surface area contributed by atoms with Gasteiger partial charge in [0, 0.05) is 5.39 Å². The number of fused-ring (bicyclic) bond motifs is 1. The third-order valence-electron chi connectivity index (χ3n) is 4.03. The second-order valence-electron chi connectivity index (χ2n) is 6.12. The maximum absolute atomic E-state index is 14.3. The molecular weight excluding hydrogens is 287 g/mol. The fraction of sp³-hybridized carbons (Fsp3) is 0.438. The van der Waals surface area contributed by atoms with E-state index in [9.17, 15) is 14.0 Å². The predicted octanol–water partition coefficient (Wildman–Crippen LogP) is 2.56. The highest BCUT2D eigenvalue weighted by Gasteiger charge is 2.45. The van der Waals surface area contributed by atoms with Crippen LogP contribution in [0.5, 0.6) is 0 Å². The number of carboxylic acids is 1. The molecule has 1 aromatic heterocycles. The third-order valence-corrected chi connectivity index (χ3v) is 4.03. The van der Waals surface area contributed by atoms with Gasteiger partial charge in [-0.15, -0.1) is 0 Å². The summed E-state index contributed by atoms with van der Waals surface area (Å²) < 4.78 is 15.2. The van der Waals surface area contributed by atoms with E-state index in [0.717, 1.165) is 4.68 Å². The highest BCUT2D eigenvalue weighted by atomic mass is 19.1. The van der Waals surface area contributed by atoms with Crippen molar-refractivity contribution in [2.45, 2.75) is 44.8 Å². The van der Waals surface area contributed by atoms with E-state index in [1.54, 1.807) is 18.2 Å². The van der Waals surface area contributed by atoms with E-state index >= 15 is 0 Å². The van der Waals surface area contributed by atoms with Crippen LogP contribution in [0.25, 0.3) is 10.8 Å². The molecule has 1 aliphatic rings. The van der Waals surface area contributed by atoms with Gasteiger partial charge < -0.3 is 5.11 Å². The van der Waals surface area contributed by atoms with Gasteiger partial charge in [-0.1, -0.05) is 19.9 Å². The minimum absolute atomic E-state index is 0.00633. The lowest BCUT2D eigenvalue weighted by Gasteiger charge is -2.14. The van der Waals surface area contributed by atoms with E-state index in [-0.39, 0.29) is 5.92 Å². The van der Waals surface area contributed by atoms with Crippen LogP contribution in [0.1, 0.15) is 43.9 Å². The van der Waals surface area contributed by atoms with Crippen molar-refractivity contribution in [1.82, 2.24) is 9.78 Å². The number of hydrogen-bond acceptors (Lipinski definition) is 3. The number of aliphatic carboxylic acids is 1. The van der Waals surface area contributed by atoms with Crippen molar-refractivity contribution >= 4 is 16.7 Å². The van der Waals surface area contributed by atoms with Crippen LogP contribution in [-0.2, 0) is 17.0 Å². The van der Waals surface area contributed by atoms with Gasteiger partial charge in [-0.3, -0.25) is 9.59 Å². The Morgan fingerprint density at radius 1 is 1.41 bits per heavy atom. The SMILES string of the molecule is CC(C)c1nn(CC(=O)O)c(=O)c2ccc(C3(F)CC3)cc12. The van der Waals surface area contributed by atoms with E-state index in [2.05, 4.69) is 5.10 Å². The molecule has 0 bridgehead atoms. The normalized spacial score (nSPS) is 16.2. The van der Waals surface area contributed by atoms with Gasteiger partial charge in [-0.25, -0.2) is 9.07 Å². The number of hydrogen-bond donors (Lipinski definition) is 1. The molecule has 0 amide bonds. The van der Waals surface area contributed by atoms with Crippen LogP contribution < -0.4 is 5.56 Å². The van der Waals surface area contributed by atoms with E-state index in [1.807, 2.05) is 13.8 Å². The van der Waals surface area contributed by atoms with Crippen molar-refractivity contribution in [2.75, 3.05) is 0 Å². The van der Waals surface area contributed by atoms with E-state index in [1.165, 1.54) is 0 Å². The Morgan fingerprint density at radius 2 is 2.09 bits per heavy atom. The molecular formula is C16H17FN2O3. The van der Waals surface area contributed by atoms with Crippen LogP contribution in [0.2, 0.25) is 0 Å². The molecule has 116 valence electrons. The Morgan fingerprint density at radius 3 is 2.64 bits per heavy atom. The number of alkyl halides is 1. The maximum atomic E-state index is 14.3. The molecule has 3 rings (SSSR count). The zero-order valence-corrected chi connectivity index (χ0v) is 12.5. The lowest BCUT2D eigenvalue weighted by atomic mass is 9.99. The summed E-state index contributed by atoms with van der Waals surface area (Å²) in [5.74, 6) is -1.13.